The van der Waals surface area contributed by atoms with Crippen LogP contribution in [0.4, 0.5) is 8.78 Å². The van der Waals surface area contributed by atoms with Gasteiger partial charge < -0.3 is 9.64 Å². The second kappa shape index (κ2) is 6.07. The van der Waals surface area contributed by atoms with Gasteiger partial charge in [-0.05, 0) is 18.6 Å². The Morgan fingerprint density at radius 2 is 2.05 bits per heavy atom. The van der Waals surface area contributed by atoms with E-state index in [0.717, 1.165) is 6.26 Å². The van der Waals surface area contributed by atoms with Gasteiger partial charge in [-0.1, -0.05) is 12.1 Å². The summed E-state index contributed by atoms with van der Waals surface area (Å²) < 4.78 is 52.1. The first kappa shape index (κ1) is 15.8. The number of carbonyl (C=O) groups is 1. The Morgan fingerprint density at radius 1 is 1.38 bits per heavy atom. The van der Waals surface area contributed by atoms with E-state index in [1.165, 1.54) is 23.1 Å². The Labute approximate surface area is 121 Å². The van der Waals surface area contributed by atoms with E-state index in [1.54, 1.807) is 6.07 Å². The zero-order valence-electron chi connectivity index (χ0n) is 11.3. The molecule has 2 rings (SSSR count). The summed E-state index contributed by atoms with van der Waals surface area (Å²) in [6.45, 7) is -2.59. The number of amides is 1. The first-order chi connectivity index (χ1) is 9.79. The first-order valence-electron chi connectivity index (χ1n) is 6.31. The van der Waals surface area contributed by atoms with Crippen LogP contribution in [-0.2, 0) is 14.6 Å². The van der Waals surface area contributed by atoms with Gasteiger partial charge in [0.2, 0.25) is 0 Å². The van der Waals surface area contributed by atoms with Crippen LogP contribution in [0.25, 0.3) is 0 Å². The topological polar surface area (TPSA) is 63.7 Å². The molecule has 1 aliphatic rings. The molecule has 0 unspecified atom stereocenters. The molecule has 1 saturated heterocycles. The largest absolute Gasteiger partial charge is 0.345 e. The highest BCUT2D eigenvalue weighted by Crippen LogP contribution is 2.22. The van der Waals surface area contributed by atoms with Gasteiger partial charge in [0, 0.05) is 19.3 Å². The van der Waals surface area contributed by atoms with Crippen LogP contribution < -0.4 is 0 Å². The van der Waals surface area contributed by atoms with Gasteiger partial charge >= 0.3 is 6.61 Å². The van der Waals surface area contributed by atoms with Crippen LogP contribution in [0.15, 0.2) is 29.2 Å². The molecule has 1 heterocycles. The van der Waals surface area contributed by atoms with Crippen molar-refractivity contribution in [2.24, 2.45) is 0 Å². The van der Waals surface area contributed by atoms with Crippen molar-refractivity contribution >= 4 is 15.7 Å². The van der Waals surface area contributed by atoms with Crippen molar-refractivity contribution in [3.63, 3.8) is 0 Å². The summed E-state index contributed by atoms with van der Waals surface area (Å²) in [5, 5.41) is 0. The Hall–Kier alpha value is -1.54. The molecule has 1 amide bonds. The number of hydrogen-bond acceptors (Lipinski definition) is 4. The van der Waals surface area contributed by atoms with E-state index in [9.17, 15) is 22.0 Å². The molecule has 0 N–H and O–H groups in total. The highest BCUT2D eigenvalue weighted by Gasteiger charge is 2.31. The van der Waals surface area contributed by atoms with E-state index in [0.29, 0.717) is 6.42 Å². The molecule has 0 aliphatic carbocycles. The summed E-state index contributed by atoms with van der Waals surface area (Å²) >= 11 is 0. The van der Waals surface area contributed by atoms with Crippen LogP contribution in [0.5, 0.6) is 0 Å². The third-order valence-corrected chi connectivity index (χ3v) is 4.40. The second-order valence-corrected chi connectivity index (χ2v) is 6.81. The minimum Gasteiger partial charge on any atom is -0.336 e. The summed E-state index contributed by atoms with van der Waals surface area (Å²) in [6.07, 6.45) is 0.600. The maximum absolute atomic E-state index is 12.4. The van der Waals surface area contributed by atoms with E-state index in [2.05, 4.69) is 4.74 Å². The number of rotatable bonds is 4. The molecule has 1 aromatic carbocycles. The van der Waals surface area contributed by atoms with Crippen LogP contribution in [0.2, 0.25) is 0 Å². The summed E-state index contributed by atoms with van der Waals surface area (Å²) in [7, 11) is -3.54. The molecule has 116 valence electrons. The molecule has 1 aromatic rings. The number of alkyl halides is 2. The SMILES string of the molecule is CS(=O)(=O)c1ccccc1C(=O)N1CC[C@H](OC(F)F)C1. The van der Waals surface area contributed by atoms with E-state index >= 15 is 0 Å². The predicted molar refractivity (Wildman–Crippen MR) is 70.9 cm³/mol. The van der Waals surface area contributed by atoms with Crippen LogP contribution in [0, 0.1) is 0 Å². The molecule has 0 bridgehead atoms. The van der Waals surface area contributed by atoms with Gasteiger partial charge in [-0.25, -0.2) is 8.42 Å². The smallest absolute Gasteiger partial charge is 0.336 e. The van der Waals surface area contributed by atoms with Crippen molar-refractivity contribution in [1.29, 1.82) is 0 Å². The Bertz CT molecular complexity index is 633. The fraction of sp³-hybridized carbons (Fsp3) is 0.462. The van der Waals surface area contributed by atoms with E-state index in [1.807, 2.05) is 0 Å². The lowest BCUT2D eigenvalue weighted by Crippen LogP contribution is -2.31. The summed E-state index contributed by atoms with van der Waals surface area (Å²) in [5.41, 5.74) is 0.0534. The molecule has 0 radical (unpaired) electrons. The van der Waals surface area contributed by atoms with Gasteiger partial charge in [0.05, 0.1) is 16.6 Å². The zero-order valence-corrected chi connectivity index (χ0v) is 12.1. The number of carbonyl (C=O) groups excluding carboxylic acids is 1. The molecule has 0 saturated carbocycles. The van der Waals surface area contributed by atoms with Gasteiger partial charge in [0.1, 0.15) is 0 Å². The average molecular weight is 319 g/mol. The Morgan fingerprint density at radius 3 is 2.67 bits per heavy atom. The van der Waals surface area contributed by atoms with Crippen molar-refractivity contribution in [1.82, 2.24) is 4.90 Å². The molecule has 5 nitrogen and oxygen atoms in total. The fourth-order valence-electron chi connectivity index (χ4n) is 2.31. The number of ether oxygens (including phenoxy) is 1. The van der Waals surface area contributed by atoms with Gasteiger partial charge in [-0.2, -0.15) is 8.78 Å². The predicted octanol–water partition coefficient (Wildman–Crippen LogP) is 1.54. The van der Waals surface area contributed by atoms with Crippen molar-refractivity contribution in [3.05, 3.63) is 29.8 Å². The lowest BCUT2D eigenvalue weighted by atomic mass is 10.2. The Balaban J connectivity index is 2.19. The molecule has 1 aliphatic heterocycles. The van der Waals surface area contributed by atoms with Crippen LogP contribution >= 0.6 is 0 Å². The fourth-order valence-corrected chi connectivity index (χ4v) is 3.19. The first-order valence-corrected chi connectivity index (χ1v) is 8.20. The van der Waals surface area contributed by atoms with Gasteiger partial charge in [0.15, 0.2) is 9.84 Å². The lowest BCUT2D eigenvalue weighted by molar-refractivity contribution is -0.158. The normalized spacial score (nSPS) is 19.2. The zero-order chi connectivity index (χ0) is 15.6. The van der Waals surface area contributed by atoms with Crippen molar-refractivity contribution in [3.8, 4) is 0 Å². The van der Waals surface area contributed by atoms with Crippen LogP contribution in [0.1, 0.15) is 16.8 Å². The van der Waals surface area contributed by atoms with Crippen molar-refractivity contribution in [2.75, 3.05) is 19.3 Å². The molecular formula is C13H15F2NO4S. The van der Waals surface area contributed by atoms with Crippen molar-refractivity contribution in [2.45, 2.75) is 24.0 Å². The van der Waals surface area contributed by atoms with Crippen LogP contribution in [0.3, 0.4) is 0 Å². The number of sulfone groups is 1. The summed E-state index contributed by atoms with van der Waals surface area (Å²) in [6, 6.07) is 5.86. The monoisotopic (exact) mass is 319 g/mol. The van der Waals surface area contributed by atoms with Gasteiger partial charge in [-0.3, -0.25) is 4.79 Å². The maximum atomic E-state index is 12.4. The minimum atomic E-state index is -3.54. The lowest BCUT2D eigenvalue weighted by Gasteiger charge is -2.18. The van der Waals surface area contributed by atoms with Gasteiger partial charge in [-0.15, -0.1) is 0 Å². The molecule has 21 heavy (non-hydrogen) atoms. The second-order valence-electron chi connectivity index (χ2n) is 4.83. The highest BCUT2D eigenvalue weighted by atomic mass is 32.2. The summed E-state index contributed by atoms with van der Waals surface area (Å²) in [4.78, 5) is 13.6. The molecule has 8 heteroatoms. The highest BCUT2D eigenvalue weighted by molar-refractivity contribution is 7.90. The number of likely N-dealkylation sites (tertiary alicyclic amines) is 1. The third-order valence-electron chi connectivity index (χ3n) is 3.24. The molecule has 1 fully saturated rings. The minimum absolute atomic E-state index is 0.0290. The summed E-state index contributed by atoms with van der Waals surface area (Å²) in [5.74, 6) is -0.489. The molecular weight excluding hydrogens is 304 g/mol. The molecule has 0 aromatic heterocycles. The third kappa shape index (κ3) is 3.76. The quantitative estimate of drug-likeness (QED) is 0.844. The standard InChI is InChI=1S/C13H15F2NO4S/c1-21(18,19)11-5-3-2-4-10(11)12(17)16-7-6-9(8-16)20-13(14)15/h2-5,9,13H,6-8H2,1H3/t9-/m0/s1. The van der Waals surface area contributed by atoms with E-state index < -0.39 is 28.5 Å². The number of nitrogens with zero attached hydrogens (tertiary/aromatic N) is 1. The molecule has 0 spiro atoms. The van der Waals surface area contributed by atoms with E-state index in [4.69, 9.17) is 0 Å². The maximum Gasteiger partial charge on any atom is 0.345 e. The number of benzene rings is 1. The van der Waals surface area contributed by atoms with E-state index in [-0.39, 0.29) is 23.5 Å². The molecule has 1 atom stereocenters. The van der Waals surface area contributed by atoms with Crippen molar-refractivity contribution < 1.29 is 26.7 Å². The number of hydrogen-bond donors (Lipinski definition) is 0. The average Bonchev–Trinajstić information content (AvgIpc) is 2.84. The number of halogens is 2. The van der Waals surface area contributed by atoms with Gasteiger partial charge in [0.25, 0.3) is 5.91 Å². The Kier molecular flexibility index (Phi) is 4.58. The van der Waals surface area contributed by atoms with Crippen LogP contribution in [-0.4, -0.2) is 51.3 Å².